The van der Waals surface area contributed by atoms with Crippen LogP contribution in [0, 0.1) is 6.92 Å². The van der Waals surface area contributed by atoms with Gasteiger partial charge in [0.05, 0.1) is 17.7 Å². The molecule has 0 radical (unpaired) electrons. The number of carbonyl (C=O) groups excluding carboxylic acids is 1. The number of benzene rings is 2. The quantitative estimate of drug-likeness (QED) is 0.775. The average molecular weight is 354 g/mol. The number of sulfonamides is 1. The first kappa shape index (κ1) is 17.3. The third kappa shape index (κ3) is 4.03. The minimum Gasteiger partial charge on any atom is -0.468 e. The van der Waals surface area contributed by atoms with Gasteiger partial charge in [0, 0.05) is 5.02 Å². The third-order valence-corrected chi connectivity index (χ3v) is 5.23. The molecule has 2 aromatic rings. The minimum absolute atomic E-state index is 0.0484. The maximum absolute atomic E-state index is 12.9. The Kier molecular flexibility index (Phi) is 5.28. The molecule has 0 aromatic heterocycles. The highest BCUT2D eigenvalue weighted by atomic mass is 35.5. The molecule has 122 valence electrons. The molecule has 2 rings (SSSR count). The van der Waals surface area contributed by atoms with Crippen molar-refractivity contribution in [2.75, 3.05) is 18.0 Å². The van der Waals surface area contributed by atoms with E-state index in [0.29, 0.717) is 10.7 Å². The molecular formula is C16H16ClNO4S. The van der Waals surface area contributed by atoms with E-state index in [4.69, 9.17) is 11.6 Å². The second-order valence-electron chi connectivity index (χ2n) is 4.88. The molecule has 0 bridgehead atoms. The lowest BCUT2D eigenvalue weighted by Crippen LogP contribution is -2.36. The number of esters is 1. The van der Waals surface area contributed by atoms with Crippen LogP contribution >= 0.6 is 11.6 Å². The minimum atomic E-state index is -3.92. The van der Waals surface area contributed by atoms with Crippen LogP contribution in [0.5, 0.6) is 0 Å². The number of methoxy groups -OCH3 is 1. The van der Waals surface area contributed by atoms with Gasteiger partial charge < -0.3 is 4.74 Å². The van der Waals surface area contributed by atoms with Crippen molar-refractivity contribution < 1.29 is 17.9 Å². The number of rotatable bonds is 5. The van der Waals surface area contributed by atoms with E-state index in [1.54, 1.807) is 18.2 Å². The zero-order chi connectivity index (χ0) is 17.0. The van der Waals surface area contributed by atoms with Crippen LogP contribution in [0.3, 0.4) is 0 Å². The Hall–Kier alpha value is -2.05. The zero-order valence-electron chi connectivity index (χ0n) is 12.7. The molecule has 0 saturated heterocycles. The third-order valence-electron chi connectivity index (χ3n) is 3.19. The SMILES string of the molecule is COC(=O)CN(c1cccc(C)c1)S(=O)(=O)c1ccc(Cl)cc1. The van der Waals surface area contributed by atoms with E-state index < -0.39 is 22.5 Å². The smallest absolute Gasteiger partial charge is 0.326 e. The second-order valence-corrected chi connectivity index (χ2v) is 7.18. The molecule has 5 nitrogen and oxygen atoms in total. The molecule has 0 amide bonds. The number of hydrogen-bond acceptors (Lipinski definition) is 4. The number of carbonyl (C=O) groups is 1. The van der Waals surface area contributed by atoms with Gasteiger partial charge in [0.25, 0.3) is 10.0 Å². The van der Waals surface area contributed by atoms with Crippen LogP contribution in [-0.4, -0.2) is 28.0 Å². The maximum atomic E-state index is 12.9. The van der Waals surface area contributed by atoms with Gasteiger partial charge in [-0.25, -0.2) is 8.42 Å². The number of hydrogen-bond donors (Lipinski definition) is 0. The fourth-order valence-electron chi connectivity index (χ4n) is 2.01. The van der Waals surface area contributed by atoms with E-state index in [1.807, 2.05) is 13.0 Å². The Balaban J connectivity index is 2.51. The van der Waals surface area contributed by atoms with Crippen LogP contribution in [0.25, 0.3) is 0 Å². The molecule has 0 unspecified atom stereocenters. The van der Waals surface area contributed by atoms with E-state index in [9.17, 15) is 13.2 Å². The normalized spacial score (nSPS) is 11.1. The summed E-state index contributed by atoms with van der Waals surface area (Å²) in [5.74, 6) is -0.649. The van der Waals surface area contributed by atoms with Crippen molar-refractivity contribution >= 4 is 33.3 Å². The van der Waals surface area contributed by atoms with Gasteiger partial charge in [-0.3, -0.25) is 9.10 Å². The van der Waals surface area contributed by atoms with Crippen LogP contribution in [0.1, 0.15) is 5.56 Å². The second kappa shape index (κ2) is 7.02. The summed E-state index contributed by atoms with van der Waals surface area (Å²) in [4.78, 5) is 11.7. The maximum Gasteiger partial charge on any atom is 0.326 e. The molecule has 0 spiro atoms. The van der Waals surface area contributed by atoms with Crippen LogP contribution in [0.2, 0.25) is 5.02 Å². The number of ether oxygens (including phenoxy) is 1. The predicted octanol–water partition coefficient (Wildman–Crippen LogP) is 3.02. The van der Waals surface area contributed by atoms with Gasteiger partial charge in [-0.1, -0.05) is 23.7 Å². The summed E-state index contributed by atoms with van der Waals surface area (Å²) in [5, 5.41) is 0.430. The van der Waals surface area contributed by atoms with Crippen LogP contribution in [0.4, 0.5) is 5.69 Å². The highest BCUT2D eigenvalue weighted by molar-refractivity contribution is 7.92. The molecule has 0 aliphatic rings. The molecule has 0 fully saturated rings. The lowest BCUT2D eigenvalue weighted by atomic mass is 10.2. The molecule has 23 heavy (non-hydrogen) atoms. The van der Waals surface area contributed by atoms with Gasteiger partial charge in [-0.2, -0.15) is 0 Å². The Morgan fingerprint density at radius 1 is 1.17 bits per heavy atom. The summed E-state index contributed by atoms with van der Waals surface area (Å²) in [5.41, 5.74) is 1.27. The number of anilines is 1. The molecule has 0 aliphatic carbocycles. The summed E-state index contributed by atoms with van der Waals surface area (Å²) in [6.45, 7) is 1.43. The molecular weight excluding hydrogens is 338 g/mol. The van der Waals surface area contributed by atoms with E-state index in [2.05, 4.69) is 4.74 Å². The van der Waals surface area contributed by atoms with E-state index in [-0.39, 0.29) is 4.90 Å². The Morgan fingerprint density at radius 3 is 2.39 bits per heavy atom. The molecule has 7 heteroatoms. The van der Waals surface area contributed by atoms with Gasteiger partial charge in [-0.05, 0) is 48.9 Å². The standard InChI is InChI=1S/C16H16ClNO4S/c1-12-4-3-5-14(10-12)18(11-16(19)22-2)23(20,21)15-8-6-13(17)7-9-15/h3-10H,11H2,1-2H3. The number of nitrogens with zero attached hydrogens (tertiary/aromatic N) is 1. The van der Waals surface area contributed by atoms with Crippen molar-refractivity contribution in [3.8, 4) is 0 Å². The van der Waals surface area contributed by atoms with Crippen LogP contribution in [0.15, 0.2) is 53.4 Å². The fourth-order valence-corrected chi connectivity index (χ4v) is 3.54. The van der Waals surface area contributed by atoms with Gasteiger partial charge in [0.15, 0.2) is 0 Å². The van der Waals surface area contributed by atoms with E-state index >= 15 is 0 Å². The first-order valence-corrected chi connectivity index (χ1v) is 8.58. The van der Waals surface area contributed by atoms with Crippen molar-refractivity contribution in [2.24, 2.45) is 0 Å². The largest absolute Gasteiger partial charge is 0.468 e. The topological polar surface area (TPSA) is 63.7 Å². The Labute approximate surface area is 140 Å². The highest BCUT2D eigenvalue weighted by Gasteiger charge is 2.27. The molecule has 0 N–H and O–H groups in total. The van der Waals surface area contributed by atoms with Crippen molar-refractivity contribution in [3.05, 3.63) is 59.1 Å². The van der Waals surface area contributed by atoms with Gasteiger partial charge in [-0.15, -0.1) is 0 Å². The Morgan fingerprint density at radius 2 is 1.83 bits per heavy atom. The monoisotopic (exact) mass is 353 g/mol. The zero-order valence-corrected chi connectivity index (χ0v) is 14.3. The lowest BCUT2D eigenvalue weighted by Gasteiger charge is -2.23. The Bertz CT molecular complexity index is 803. The summed E-state index contributed by atoms with van der Waals surface area (Å²) >= 11 is 5.80. The fraction of sp³-hybridized carbons (Fsp3) is 0.188. The molecule has 0 aliphatic heterocycles. The molecule has 0 atom stereocenters. The van der Waals surface area contributed by atoms with Crippen molar-refractivity contribution in [2.45, 2.75) is 11.8 Å². The lowest BCUT2D eigenvalue weighted by molar-refractivity contribution is -0.138. The summed E-state index contributed by atoms with van der Waals surface area (Å²) < 4.78 is 31.4. The molecule has 0 heterocycles. The van der Waals surface area contributed by atoms with E-state index in [0.717, 1.165) is 9.87 Å². The van der Waals surface area contributed by atoms with Crippen molar-refractivity contribution in [1.82, 2.24) is 0 Å². The summed E-state index contributed by atoms with van der Waals surface area (Å²) in [6.07, 6.45) is 0. The number of aryl methyl sites for hydroxylation is 1. The van der Waals surface area contributed by atoms with Gasteiger partial charge >= 0.3 is 5.97 Å². The highest BCUT2D eigenvalue weighted by Crippen LogP contribution is 2.25. The van der Waals surface area contributed by atoms with Crippen LogP contribution in [-0.2, 0) is 19.6 Å². The summed E-state index contributed by atoms with van der Waals surface area (Å²) in [6, 6.07) is 12.7. The van der Waals surface area contributed by atoms with Crippen molar-refractivity contribution in [1.29, 1.82) is 0 Å². The number of halogens is 1. The first-order valence-electron chi connectivity index (χ1n) is 6.76. The molecule has 2 aromatic carbocycles. The van der Waals surface area contributed by atoms with Crippen LogP contribution < -0.4 is 4.31 Å². The van der Waals surface area contributed by atoms with E-state index in [1.165, 1.54) is 31.4 Å². The average Bonchev–Trinajstić information content (AvgIpc) is 2.52. The molecule has 0 saturated carbocycles. The summed E-state index contributed by atoms with van der Waals surface area (Å²) in [7, 11) is -2.70. The van der Waals surface area contributed by atoms with Crippen molar-refractivity contribution in [3.63, 3.8) is 0 Å². The van der Waals surface area contributed by atoms with Gasteiger partial charge in [0.1, 0.15) is 6.54 Å². The first-order chi connectivity index (χ1) is 10.8. The van der Waals surface area contributed by atoms with Gasteiger partial charge in [0.2, 0.25) is 0 Å². The predicted molar refractivity (Wildman–Crippen MR) is 89.2 cm³/mol.